The molecule has 3 nitrogen and oxygen atoms in total. The molecule has 0 aliphatic carbocycles. The van der Waals surface area contributed by atoms with Crippen LogP contribution in [-0.4, -0.2) is 16.3 Å². The molecule has 3 heteroatoms. The summed E-state index contributed by atoms with van der Waals surface area (Å²) in [6, 6.07) is 10.6. The molecule has 0 fully saturated rings. The minimum absolute atomic E-state index is 0.496. The zero-order chi connectivity index (χ0) is 12.3. The quantitative estimate of drug-likeness (QED) is 0.873. The molecule has 0 saturated heterocycles. The molecule has 1 unspecified atom stereocenters. The van der Waals surface area contributed by atoms with Crippen LogP contribution in [0.15, 0.2) is 36.5 Å². The van der Waals surface area contributed by atoms with E-state index in [0.29, 0.717) is 5.92 Å². The first-order valence-electron chi connectivity index (χ1n) is 5.96. The Balaban J connectivity index is 1.97. The first-order valence-corrected chi connectivity index (χ1v) is 5.96. The SMILES string of the molecule is Cc1nn(C)cc1NCC(C)c1ccccc1. The maximum atomic E-state index is 4.32. The minimum Gasteiger partial charge on any atom is -0.382 e. The second kappa shape index (κ2) is 5.04. The Labute approximate surface area is 102 Å². The summed E-state index contributed by atoms with van der Waals surface area (Å²) in [5.74, 6) is 0.496. The third-order valence-electron chi connectivity index (χ3n) is 2.98. The highest BCUT2D eigenvalue weighted by Gasteiger charge is 2.07. The van der Waals surface area contributed by atoms with Crippen LogP contribution in [0.5, 0.6) is 0 Å². The number of aryl methyl sites for hydroxylation is 2. The summed E-state index contributed by atoms with van der Waals surface area (Å²) < 4.78 is 1.84. The van der Waals surface area contributed by atoms with Gasteiger partial charge in [-0.1, -0.05) is 37.3 Å². The van der Waals surface area contributed by atoms with Gasteiger partial charge in [0.1, 0.15) is 0 Å². The fourth-order valence-corrected chi connectivity index (χ4v) is 1.94. The molecule has 1 atom stereocenters. The van der Waals surface area contributed by atoms with E-state index in [1.807, 2.05) is 24.9 Å². The highest BCUT2D eigenvalue weighted by Crippen LogP contribution is 2.17. The minimum atomic E-state index is 0.496. The van der Waals surface area contributed by atoms with Gasteiger partial charge in [0.2, 0.25) is 0 Å². The van der Waals surface area contributed by atoms with E-state index in [-0.39, 0.29) is 0 Å². The molecule has 1 aromatic heterocycles. The van der Waals surface area contributed by atoms with E-state index in [2.05, 4.69) is 47.7 Å². The van der Waals surface area contributed by atoms with Gasteiger partial charge in [-0.05, 0) is 18.4 Å². The lowest BCUT2D eigenvalue weighted by atomic mass is 10.0. The number of hydrogen-bond donors (Lipinski definition) is 1. The van der Waals surface area contributed by atoms with Crippen LogP contribution in [0, 0.1) is 6.92 Å². The van der Waals surface area contributed by atoms with E-state index < -0.39 is 0 Å². The highest BCUT2D eigenvalue weighted by atomic mass is 15.3. The Morgan fingerprint density at radius 2 is 2.00 bits per heavy atom. The molecule has 0 radical (unpaired) electrons. The molecule has 2 aromatic rings. The van der Waals surface area contributed by atoms with E-state index in [1.54, 1.807) is 0 Å². The molecular weight excluding hydrogens is 210 g/mol. The molecular formula is C14H19N3. The van der Waals surface area contributed by atoms with E-state index in [4.69, 9.17) is 0 Å². The highest BCUT2D eigenvalue weighted by molar-refractivity contribution is 5.45. The van der Waals surface area contributed by atoms with Crippen LogP contribution in [0.1, 0.15) is 24.1 Å². The number of benzene rings is 1. The van der Waals surface area contributed by atoms with Crippen LogP contribution in [0.4, 0.5) is 5.69 Å². The topological polar surface area (TPSA) is 29.9 Å². The van der Waals surface area contributed by atoms with Crippen LogP contribution in [-0.2, 0) is 7.05 Å². The van der Waals surface area contributed by atoms with Crippen molar-refractivity contribution in [3.05, 3.63) is 47.8 Å². The molecule has 0 spiro atoms. The summed E-state index contributed by atoms with van der Waals surface area (Å²) in [4.78, 5) is 0. The van der Waals surface area contributed by atoms with Gasteiger partial charge >= 0.3 is 0 Å². The van der Waals surface area contributed by atoms with E-state index in [9.17, 15) is 0 Å². The number of hydrogen-bond acceptors (Lipinski definition) is 2. The fraction of sp³-hybridized carbons (Fsp3) is 0.357. The van der Waals surface area contributed by atoms with Crippen molar-refractivity contribution in [3.8, 4) is 0 Å². The normalized spacial score (nSPS) is 12.4. The molecule has 2 rings (SSSR count). The lowest BCUT2D eigenvalue weighted by Gasteiger charge is -2.13. The summed E-state index contributed by atoms with van der Waals surface area (Å²) in [7, 11) is 1.94. The van der Waals surface area contributed by atoms with Crippen LogP contribution < -0.4 is 5.32 Å². The molecule has 17 heavy (non-hydrogen) atoms. The van der Waals surface area contributed by atoms with Crippen LogP contribution in [0.2, 0.25) is 0 Å². The molecule has 1 aromatic carbocycles. The Kier molecular flexibility index (Phi) is 3.47. The third kappa shape index (κ3) is 2.87. The molecule has 1 heterocycles. The lowest BCUT2D eigenvalue weighted by molar-refractivity contribution is 0.756. The summed E-state index contributed by atoms with van der Waals surface area (Å²) in [5, 5.41) is 7.76. The summed E-state index contributed by atoms with van der Waals surface area (Å²) >= 11 is 0. The van der Waals surface area contributed by atoms with Crippen molar-refractivity contribution in [2.45, 2.75) is 19.8 Å². The van der Waals surface area contributed by atoms with E-state index in [1.165, 1.54) is 5.56 Å². The maximum absolute atomic E-state index is 4.32. The summed E-state index contributed by atoms with van der Waals surface area (Å²) in [5.41, 5.74) is 3.53. The van der Waals surface area contributed by atoms with Crippen molar-refractivity contribution in [1.82, 2.24) is 9.78 Å². The second-order valence-electron chi connectivity index (χ2n) is 4.49. The fourth-order valence-electron chi connectivity index (χ4n) is 1.94. The number of nitrogens with zero attached hydrogens (tertiary/aromatic N) is 2. The molecule has 90 valence electrons. The monoisotopic (exact) mass is 229 g/mol. The Hall–Kier alpha value is -1.77. The Bertz CT molecular complexity index is 473. The standard InChI is InChI=1S/C14H19N3/c1-11(13-7-5-4-6-8-13)9-15-14-10-17(3)16-12(14)2/h4-8,10-11,15H,9H2,1-3H3. The van der Waals surface area contributed by atoms with Gasteiger partial charge in [-0.25, -0.2) is 0 Å². The summed E-state index contributed by atoms with van der Waals surface area (Å²) in [6.07, 6.45) is 2.02. The van der Waals surface area contributed by atoms with Crippen molar-refractivity contribution < 1.29 is 0 Å². The van der Waals surface area contributed by atoms with Gasteiger partial charge in [0.25, 0.3) is 0 Å². The lowest BCUT2D eigenvalue weighted by Crippen LogP contribution is -2.09. The van der Waals surface area contributed by atoms with Crippen molar-refractivity contribution in [2.75, 3.05) is 11.9 Å². The Morgan fingerprint density at radius 1 is 1.29 bits per heavy atom. The number of nitrogens with one attached hydrogen (secondary N) is 1. The predicted molar refractivity (Wildman–Crippen MR) is 71.3 cm³/mol. The van der Waals surface area contributed by atoms with E-state index >= 15 is 0 Å². The predicted octanol–water partition coefficient (Wildman–Crippen LogP) is 2.94. The average Bonchev–Trinajstić information content (AvgIpc) is 2.66. The number of anilines is 1. The summed E-state index contributed by atoms with van der Waals surface area (Å²) in [6.45, 7) is 5.18. The van der Waals surface area contributed by atoms with Crippen LogP contribution in [0.25, 0.3) is 0 Å². The molecule has 0 aliphatic rings. The average molecular weight is 229 g/mol. The number of aromatic nitrogens is 2. The van der Waals surface area contributed by atoms with Crippen molar-refractivity contribution in [3.63, 3.8) is 0 Å². The van der Waals surface area contributed by atoms with Crippen LogP contribution in [0.3, 0.4) is 0 Å². The first-order chi connectivity index (χ1) is 8.16. The van der Waals surface area contributed by atoms with Gasteiger partial charge in [-0.3, -0.25) is 4.68 Å². The van der Waals surface area contributed by atoms with E-state index in [0.717, 1.165) is 17.9 Å². The van der Waals surface area contributed by atoms with Gasteiger partial charge in [0.05, 0.1) is 11.4 Å². The number of rotatable bonds is 4. The third-order valence-corrected chi connectivity index (χ3v) is 2.98. The molecule has 1 N–H and O–H groups in total. The first kappa shape index (κ1) is 11.7. The molecule has 0 saturated carbocycles. The van der Waals surface area contributed by atoms with Crippen molar-refractivity contribution >= 4 is 5.69 Å². The van der Waals surface area contributed by atoms with Gasteiger partial charge in [-0.15, -0.1) is 0 Å². The second-order valence-corrected chi connectivity index (χ2v) is 4.49. The smallest absolute Gasteiger partial charge is 0.0824 e. The van der Waals surface area contributed by atoms with Crippen LogP contribution >= 0.6 is 0 Å². The molecule has 0 amide bonds. The maximum Gasteiger partial charge on any atom is 0.0824 e. The van der Waals surface area contributed by atoms with Gasteiger partial charge in [-0.2, -0.15) is 5.10 Å². The van der Waals surface area contributed by atoms with Gasteiger partial charge < -0.3 is 5.32 Å². The van der Waals surface area contributed by atoms with Crippen molar-refractivity contribution in [2.24, 2.45) is 7.05 Å². The Morgan fingerprint density at radius 3 is 2.59 bits per heavy atom. The molecule has 0 bridgehead atoms. The molecule has 0 aliphatic heterocycles. The zero-order valence-corrected chi connectivity index (χ0v) is 10.6. The van der Waals surface area contributed by atoms with Crippen molar-refractivity contribution in [1.29, 1.82) is 0 Å². The zero-order valence-electron chi connectivity index (χ0n) is 10.6. The largest absolute Gasteiger partial charge is 0.382 e. The van der Waals surface area contributed by atoms with Gasteiger partial charge in [0, 0.05) is 19.8 Å². The van der Waals surface area contributed by atoms with Gasteiger partial charge in [0.15, 0.2) is 0 Å².